The molecule has 0 saturated heterocycles. The Kier molecular flexibility index (Phi) is 7.61. The van der Waals surface area contributed by atoms with Crippen LogP contribution >= 0.6 is 0 Å². The zero-order valence-corrected chi connectivity index (χ0v) is 16.1. The van der Waals surface area contributed by atoms with Crippen molar-refractivity contribution in [1.82, 2.24) is 4.57 Å². The number of carboxylic acid groups (broad SMARTS) is 1. The standard InChI is InChI=1S/C21H27NO5/c1-4-26-19(21(24)25)13-16-9-10-22(20(23)14-16)11-12-27-18-7-5-17(6-8-18)15(2)3/h5-10,14-15,19H,4,11-13H2,1-3H3,(H,24,25). The van der Waals surface area contributed by atoms with Gasteiger partial charge in [0.15, 0.2) is 6.10 Å². The number of aliphatic carboxylic acids is 1. The molecule has 0 radical (unpaired) electrons. The molecule has 2 rings (SSSR count). The first-order chi connectivity index (χ1) is 12.9. The Labute approximate surface area is 159 Å². The van der Waals surface area contributed by atoms with Crippen LogP contribution in [0.5, 0.6) is 5.75 Å². The Morgan fingerprint density at radius 2 is 1.89 bits per heavy atom. The van der Waals surface area contributed by atoms with Gasteiger partial charge < -0.3 is 19.1 Å². The lowest BCUT2D eigenvalue weighted by atomic mass is 10.0. The van der Waals surface area contributed by atoms with Crippen LogP contribution < -0.4 is 10.3 Å². The SMILES string of the molecule is CCOC(Cc1ccn(CCOc2ccc(C(C)C)cc2)c(=O)c1)C(=O)O. The van der Waals surface area contributed by atoms with Gasteiger partial charge in [0.25, 0.3) is 5.56 Å². The normalized spacial score (nSPS) is 12.1. The zero-order chi connectivity index (χ0) is 19.8. The van der Waals surface area contributed by atoms with E-state index in [1.165, 1.54) is 11.6 Å². The van der Waals surface area contributed by atoms with E-state index < -0.39 is 12.1 Å². The molecule has 0 fully saturated rings. The van der Waals surface area contributed by atoms with Crippen molar-refractivity contribution in [2.45, 2.75) is 45.8 Å². The average Bonchev–Trinajstić information content (AvgIpc) is 2.63. The van der Waals surface area contributed by atoms with Gasteiger partial charge in [0.2, 0.25) is 0 Å². The number of hydrogen-bond acceptors (Lipinski definition) is 4. The van der Waals surface area contributed by atoms with Gasteiger partial charge in [-0.15, -0.1) is 0 Å². The highest BCUT2D eigenvalue weighted by molar-refractivity contribution is 5.72. The third-order valence-electron chi connectivity index (χ3n) is 4.27. The lowest BCUT2D eigenvalue weighted by Crippen LogP contribution is -2.28. The molecule has 1 aromatic carbocycles. The van der Waals surface area contributed by atoms with Crippen LogP contribution in [0.2, 0.25) is 0 Å². The Morgan fingerprint density at radius 3 is 2.44 bits per heavy atom. The molecule has 1 N–H and O–H groups in total. The van der Waals surface area contributed by atoms with Crippen molar-refractivity contribution >= 4 is 5.97 Å². The van der Waals surface area contributed by atoms with Crippen LogP contribution in [-0.2, 0) is 22.5 Å². The summed E-state index contributed by atoms with van der Waals surface area (Å²) < 4.78 is 12.4. The number of rotatable bonds is 10. The Morgan fingerprint density at radius 1 is 1.19 bits per heavy atom. The number of ether oxygens (including phenoxy) is 2. The Bertz CT molecular complexity index is 795. The van der Waals surface area contributed by atoms with Crippen molar-refractivity contribution < 1.29 is 19.4 Å². The predicted molar refractivity (Wildman–Crippen MR) is 103 cm³/mol. The van der Waals surface area contributed by atoms with Crippen LogP contribution in [0, 0.1) is 0 Å². The quantitative estimate of drug-likeness (QED) is 0.692. The first-order valence-corrected chi connectivity index (χ1v) is 9.17. The van der Waals surface area contributed by atoms with Crippen molar-refractivity contribution in [3.05, 3.63) is 64.1 Å². The number of pyridine rings is 1. The van der Waals surface area contributed by atoms with Crippen molar-refractivity contribution in [3.8, 4) is 5.75 Å². The van der Waals surface area contributed by atoms with Gasteiger partial charge in [-0.05, 0) is 42.2 Å². The lowest BCUT2D eigenvalue weighted by molar-refractivity contribution is -0.149. The second kappa shape index (κ2) is 9.92. The molecule has 1 aromatic heterocycles. The summed E-state index contributed by atoms with van der Waals surface area (Å²) in [5.41, 5.74) is 1.70. The molecule has 0 saturated carbocycles. The summed E-state index contributed by atoms with van der Waals surface area (Å²) in [5, 5.41) is 9.14. The van der Waals surface area contributed by atoms with Crippen molar-refractivity contribution in [2.75, 3.05) is 13.2 Å². The van der Waals surface area contributed by atoms with Gasteiger partial charge >= 0.3 is 5.97 Å². The Balaban J connectivity index is 1.92. The molecule has 1 atom stereocenters. The maximum absolute atomic E-state index is 12.2. The molecule has 146 valence electrons. The minimum Gasteiger partial charge on any atom is -0.492 e. The van der Waals surface area contributed by atoms with E-state index in [-0.39, 0.29) is 12.0 Å². The molecule has 2 aromatic rings. The summed E-state index contributed by atoms with van der Waals surface area (Å²) in [6.07, 6.45) is 0.883. The number of carboxylic acids is 1. The maximum atomic E-state index is 12.2. The molecule has 1 unspecified atom stereocenters. The summed E-state index contributed by atoms with van der Waals surface area (Å²) in [6.45, 7) is 7.11. The van der Waals surface area contributed by atoms with Crippen LogP contribution in [0.25, 0.3) is 0 Å². The predicted octanol–water partition coefficient (Wildman–Crippen LogP) is 3.08. The summed E-state index contributed by atoms with van der Waals surface area (Å²) in [6, 6.07) is 11.1. The van der Waals surface area contributed by atoms with Crippen LogP contribution in [0.3, 0.4) is 0 Å². The first kappa shape index (κ1) is 20.7. The van der Waals surface area contributed by atoms with Gasteiger partial charge in [0, 0.05) is 25.3 Å². The van der Waals surface area contributed by atoms with E-state index in [0.29, 0.717) is 31.2 Å². The monoisotopic (exact) mass is 373 g/mol. The highest BCUT2D eigenvalue weighted by Crippen LogP contribution is 2.18. The van der Waals surface area contributed by atoms with Crippen molar-refractivity contribution in [3.63, 3.8) is 0 Å². The van der Waals surface area contributed by atoms with Gasteiger partial charge in [-0.3, -0.25) is 4.79 Å². The van der Waals surface area contributed by atoms with Gasteiger partial charge in [0.1, 0.15) is 12.4 Å². The molecule has 0 aliphatic heterocycles. The summed E-state index contributed by atoms with van der Waals surface area (Å²) in [4.78, 5) is 23.4. The third kappa shape index (κ3) is 6.25. The molecule has 0 aliphatic carbocycles. The summed E-state index contributed by atoms with van der Waals surface area (Å²) in [7, 11) is 0. The van der Waals surface area contributed by atoms with Gasteiger partial charge in [-0.2, -0.15) is 0 Å². The molecule has 0 aliphatic rings. The van der Waals surface area contributed by atoms with E-state index in [1.807, 2.05) is 24.3 Å². The van der Waals surface area contributed by atoms with Crippen LogP contribution in [0.4, 0.5) is 0 Å². The second-order valence-corrected chi connectivity index (χ2v) is 6.63. The van der Waals surface area contributed by atoms with E-state index >= 15 is 0 Å². The molecule has 6 nitrogen and oxygen atoms in total. The minimum absolute atomic E-state index is 0.165. The second-order valence-electron chi connectivity index (χ2n) is 6.63. The molecule has 1 heterocycles. The fraction of sp³-hybridized carbons (Fsp3) is 0.429. The molecule has 27 heavy (non-hydrogen) atoms. The number of carbonyl (C=O) groups is 1. The molecule has 6 heteroatoms. The van der Waals surface area contributed by atoms with E-state index in [1.54, 1.807) is 23.8 Å². The largest absolute Gasteiger partial charge is 0.492 e. The van der Waals surface area contributed by atoms with Crippen LogP contribution in [0.1, 0.15) is 37.8 Å². The highest BCUT2D eigenvalue weighted by Gasteiger charge is 2.18. The highest BCUT2D eigenvalue weighted by atomic mass is 16.5. The maximum Gasteiger partial charge on any atom is 0.333 e. The van der Waals surface area contributed by atoms with Crippen LogP contribution in [-0.4, -0.2) is 35.0 Å². The number of benzene rings is 1. The number of aromatic nitrogens is 1. The summed E-state index contributed by atoms with van der Waals surface area (Å²) >= 11 is 0. The number of nitrogens with zero attached hydrogens (tertiary/aromatic N) is 1. The molecular formula is C21H27NO5. The van der Waals surface area contributed by atoms with Gasteiger partial charge in [-0.25, -0.2) is 4.79 Å². The van der Waals surface area contributed by atoms with Crippen molar-refractivity contribution in [1.29, 1.82) is 0 Å². The molecule has 0 spiro atoms. The lowest BCUT2D eigenvalue weighted by Gasteiger charge is -2.13. The van der Waals surface area contributed by atoms with Crippen molar-refractivity contribution in [2.24, 2.45) is 0 Å². The van der Waals surface area contributed by atoms with E-state index in [9.17, 15) is 9.59 Å². The van der Waals surface area contributed by atoms with Crippen LogP contribution in [0.15, 0.2) is 47.4 Å². The fourth-order valence-electron chi connectivity index (χ4n) is 2.70. The van der Waals surface area contributed by atoms with E-state index in [4.69, 9.17) is 14.6 Å². The molecule has 0 bridgehead atoms. The third-order valence-corrected chi connectivity index (χ3v) is 4.27. The topological polar surface area (TPSA) is 77.8 Å². The average molecular weight is 373 g/mol. The van der Waals surface area contributed by atoms with Gasteiger partial charge in [-0.1, -0.05) is 26.0 Å². The smallest absolute Gasteiger partial charge is 0.333 e. The summed E-state index contributed by atoms with van der Waals surface area (Å²) in [5.74, 6) is 0.211. The molecular weight excluding hydrogens is 346 g/mol. The first-order valence-electron chi connectivity index (χ1n) is 9.17. The van der Waals surface area contributed by atoms with E-state index in [2.05, 4.69) is 13.8 Å². The zero-order valence-electron chi connectivity index (χ0n) is 16.1. The van der Waals surface area contributed by atoms with Gasteiger partial charge in [0.05, 0.1) is 6.54 Å². The Hall–Kier alpha value is -2.60. The number of hydrogen-bond donors (Lipinski definition) is 1. The van der Waals surface area contributed by atoms with E-state index in [0.717, 1.165) is 5.75 Å². The minimum atomic E-state index is -1.03. The fourth-order valence-corrected chi connectivity index (χ4v) is 2.70. The molecule has 0 amide bonds.